The van der Waals surface area contributed by atoms with Crippen molar-refractivity contribution in [2.45, 2.75) is 20.8 Å². The van der Waals surface area contributed by atoms with Gasteiger partial charge in [-0.3, -0.25) is 0 Å². The van der Waals surface area contributed by atoms with Crippen molar-refractivity contribution in [3.05, 3.63) is 41.2 Å². The number of benzene rings is 1. The maximum atomic E-state index is 9.60. The molecular weight excluding hydrogens is 496 g/mol. The lowest BCUT2D eigenvalue weighted by atomic mass is 10.1. The molecule has 18 heavy (non-hydrogen) atoms. The number of carboxylic acid groups (broad SMARTS) is 1. The minimum Gasteiger partial charge on any atom is -0.478 e. The van der Waals surface area contributed by atoms with E-state index in [2.05, 4.69) is 84.1 Å². The van der Waals surface area contributed by atoms with Crippen molar-refractivity contribution >= 4 is 69.7 Å². The Hall–Kier alpha value is 0.350. The average Bonchev–Trinajstić information content (AvgIpc) is 2.32. The van der Waals surface area contributed by atoms with E-state index in [1.165, 1.54) is 18.1 Å². The highest BCUT2D eigenvalue weighted by atomic mass is 79.9. The number of carbonyl (C=O) groups is 1. The van der Waals surface area contributed by atoms with Crippen molar-refractivity contribution in [2.24, 2.45) is 0 Å². The van der Waals surface area contributed by atoms with E-state index in [1.807, 2.05) is 0 Å². The maximum Gasteiger partial charge on any atom is 0.330 e. The van der Waals surface area contributed by atoms with Crippen LogP contribution in [-0.2, 0) is 4.79 Å². The van der Waals surface area contributed by atoms with Crippen molar-refractivity contribution in [3.8, 4) is 0 Å². The molecule has 1 aromatic rings. The van der Waals surface area contributed by atoms with Crippen molar-refractivity contribution in [3.63, 3.8) is 0 Å². The molecule has 2 nitrogen and oxygen atoms in total. The standard InChI is InChI=1S/C8H6Br4.C4H6O2/c1-3-4(2)6(10)8(12)7(11)5(3)9;1-3(2)4(5)6/h1-2H3;1H2,2H3,(H,5,6). The average molecular weight is 508 g/mol. The van der Waals surface area contributed by atoms with Crippen LogP contribution in [0.3, 0.4) is 0 Å². The summed E-state index contributed by atoms with van der Waals surface area (Å²) in [4.78, 5) is 9.60. The molecule has 0 heterocycles. The third-order valence-corrected chi connectivity index (χ3v) is 7.33. The van der Waals surface area contributed by atoms with Crippen molar-refractivity contribution < 1.29 is 9.90 Å². The molecular formula is C12H12Br4O2. The molecule has 1 aromatic carbocycles. The van der Waals surface area contributed by atoms with Gasteiger partial charge >= 0.3 is 5.97 Å². The van der Waals surface area contributed by atoms with E-state index in [1.54, 1.807) is 0 Å². The van der Waals surface area contributed by atoms with Crippen molar-refractivity contribution in [1.29, 1.82) is 0 Å². The summed E-state index contributed by atoms with van der Waals surface area (Å²) in [6, 6.07) is 0. The SMILES string of the molecule is C=C(C)C(=O)O.Cc1c(C)c(Br)c(Br)c(Br)c1Br. The molecule has 0 bridgehead atoms. The lowest BCUT2D eigenvalue weighted by Crippen LogP contribution is -1.92. The summed E-state index contributed by atoms with van der Waals surface area (Å²) in [6.45, 7) is 8.77. The molecule has 0 atom stereocenters. The van der Waals surface area contributed by atoms with Crippen LogP contribution in [0.1, 0.15) is 18.1 Å². The fourth-order valence-corrected chi connectivity index (χ4v) is 3.37. The fourth-order valence-electron chi connectivity index (χ4n) is 0.851. The molecule has 0 aliphatic carbocycles. The Bertz CT molecular complexity index is 378. The summed E-state index contributed by atoms with van der Waals surface area (Å²) in [6.07, 6.45) is 0. The first kappa shape index (κ1) is 18.4. The number of carboxylic acids is 1. The van der Waals surface area contributed by atoms with Crippen molar-refractivity contribution in [1.82, 2.24) is 0 Å². The molecule has 6 heteroatoms. The third-order valence-electron chi connectivity index (χ3n) is 2.16. The molecule has 0 saturated carbocycles. The van der Waals surface area contributed by atoms with Gasteiger partial charge in [0.25, 0.3) is 0 Å². The van der Waals surface area contributed by atoms with E-state index in [4.69, 9.17) is 5.11 Å². The number of hydrogen-bond acceptors (Lipinski definition) is 1. The van der Waals surface area contributed by atoms with Crippen LogP contribution < -0.4 is 0 Å². The van der Waals surface area contributed by atoms with Crippen LogP contribution in [0.25, 0.3) is 0 Å². The van der Waals surface area contributed by atoms with Crippen LogP contribution in [0.4, 0.5) is 0 Å². The molecule has 0 radical (unpaired) electrons. The summed E-state index contributed by atoms with van der Waals surface area (Å²) in [5.74, 6) is -0.935. The van der Waals surface area contributed by atoms with Crippen LogP contribution in [0, 0.1) is 13.8 Å². The number of rotatable bonds is 1. The Morgan fingerprint density at radius 3 is 1.33 bits per heavy atom. The maximum absolute atomic E-state index is 9.60. The molecule has 0 unspecified atom stereocenters. The molecule has 0 aromatic heterocycles. The zero-order chi connectivity index (χ0) is 14.6. The van der Waals surface area contributed by atoms with Crippen LogP contribution in [0.15, 0.2) is 30.0 Å². The first-order valence-corrected chi connectivity index (χ1v) is 7.96. The van der Waals surface area contributed by atoms with Gasteiger partial charge in [-0.2, -0.15) is 0 Å². The molecule has 1 rings (SSSR count). The van der Waals surface area contributed by atoms with Gasteiger partial charge in [0.2, 0.25) is 0 Å². The van der Waals surface area contributed by atoms with E-state index in [9.17, 15) is 4.79 Å². The topological polar surface area (TPSA) is 37.3 Å². The third kappa shape index (κ3) is 4.79. The van der Waals surface area contributed by atoms with Crippen molar-refractivity contribution in [2.75, 3.05) is 0 Å². The second-order valence-electron chi connectivity index (χ2n) is 3.59. The molecule has 0 spiro atoms. The van der Waals surface area contributed by atoms with Gasteiger partial charge in [-0.15, -0.1) is 0 Å². The number of halogens is 4. The minimum absolute atomic E-state index is 0.176. The summed E-state index contributed by atoms with van der Waals surface area (Å²) in [7, 11) is 0. The Kier molecular flexibility index (Phi) is 7.97. The predicted molar refractivity (Wildman–Crippen MR) is 89.2 cm³/mol. The molecule has 0 aliphatic heterocycles. The summed E-state index contributed by atoms with van der Waals surface area (Å²) in [5.41, 5.74) is 2.67. The molecule has 0 saturated heterocycles. The normalized spacial score (nSPS) is 9.50. The fraction of sp³-hybridized carbons (Fsp3) is 0.250. The van der Waals surface area contributed by atoms with Gasteiger partial charge in [-0.1, -0.05) is 6.58 Å². The molecule has 100 valence electrons. The Balaban J connectivity index is 0.000000411. The number of hydrogen-bond donors (Lipinski definition) is 1. The second kappa shape index (κ2) is 7.82. The summed E-state index contributed by atoms with van der Waals surface area (Å²) < 4.78 is 4.32. The Labute approximate surface area is 140 Å². The van der Waals surface area contributed by atoms with Crippen LogP contribution in [0.5, 0.6) is 0 Å². The highest BCUT2D eigenvalue weighted by molar-refractivity contribution is 9.15. The molecule has 0 fully saturated rings. The van der Waals surface area contributed by atoms with E-state index in [0.29, 0.717) is 0 Å². The van der Waals surface area contributed by atoms with Gasteiger partial charge in [0, 0.05) is 23.5 Å². The summed E-state index contributed by atoms with van der Waals surface area (Å²) >= 11 is 14.0. The monoisotopic (exact) mass is 504 g/mol. The van der Waals surface area contributed by atoms with E-state index in [0.717, 1.165) is 17.9 Å². The largest absolute Gasteiger partial charge is 0.478 e. The van der Waals surface area contributed by atoms with Gasteiger partial charge in [0.05, 0.1) is 0 Å². The van der Waals surface area contributed by atoms with E-state index < -0.39 is 5.97 Å². The highest BCUT2D eigenvalue weighted by Crippen LogP contribution is 2.41. The number of aliphatic carboxylic acids is 1. The van der Waals surface area contributed by atoms with Gasteiger partial charge in [0.1, 0.15) is 0 Å². The lowest BCUT2D eigenvalue weighted by Gasteiger charge is -2.10. The predicted octanol–water partition coefficient (Wildman–Crippen LogP) is 6.00. The zero-order valence-electron chi connectivity index (χ0n) is 10.1. The van der Waals surface area contributed by atoms with Crippen LogP contribution >= 0.6 is 63.7 Å². The van der Waals surface area contributed by atoms with E-state index in [-0.39, 0.29) is 5.57 Å². The molecule has 0 aliphatic rings. The second-order valence-corrected chi connectivity index (χ2v) is 6.76. The van der Waals surface area contributed by atoms with Crippen LogP contribution in [-0.4, -0.2) is 11.1 Å². The highest BCUT2D eigenvalue weighted by Gasteiger charge is 2.12. The van der Waals surface area contributed by atoms with Gasteiger partial charge in [0.15, 0.2) is 0 Å². The first-order valence-electron chi connectivity index (χ1n) is 4.79. The van der Waals surface area contributed by atoms with Gasteiger partial charge < -0.3 is 5.11 Å². The van der Waals surface area contributed by atoms with Crippen LogP contribution in [0.2, 0.25) is 0 Å². The Morgan fingerprint density at radius 1 is 0.944 bits per heavy atom. The lowest BCUT2D eigenvalue weighted by molar-refractivity contribution is -0.132. The minimum atomic E-state index is -0.935. The Morgan fingerprint density at radius 2 is 1.17 bits per heavy atom. The smallest absolute Gasteiger partial charge is 0.330 e. The van der Waals surface area contributed by atoms with E-state index >= 15 is 0 Å². The van der Waals surface area contributed by atoms with Gasteiger partial charge in [-0.25, -0.2) is 4.79 Å². The summed E-state index contributed by atoms with van der Waals surface area (Å²) in [5, 5.41) is 7.89. The quantitative estimate of drug-likeness (QED) is 0.288. The molecule has 0 amide bonds. The van der Waals surface area contributed by atoms with Gasteiger partial charge in [-0.05, 0) is 95.6 Å². The molecule has 1 N–H and O–H groups in total. The zero-order valence-corrected chi connectivity index (χ0v) is 16.4. The first-order chi connectivity index (χ1) is 8.11.